The first-order valence-corrected chi connectivity index (χ1v) is 8.96. The van der Waals surface area contributed by atoms with Crippen molar-refractivity contribution in [2.75, 3.05) is 11.5 Å². The second kappa shape index (κ2) is 6.21. The number of sulfone groups is 1. The number of unbranched alkanes of at least 4 members (excludes halogenated alkanes) is 2. The van der Waals surface area contributed by atoms with E-state index in [9.17, 15) is 8.42 Å². The van der Waals surface area contributed by atoms with E-state index < -0.39 is 9.84 Å². The Morgan fingerprint density at radius 2 is 1.65 bits per heavy atom. The highest BCUT2D eigenvalue weighted by atomic mass is 32.2. The smallest absolute Gasteiger partial charge is 0.150 e. The van der Waals surface area contributed by atoms with Gasteiger partial charge in [-0.2, -0.15) is 0 Å². The molecule has 0 bridgehead atoms. The van der Waals surface area contributed by atoms with Crippen LogP contribution in [0.25, 0.3) is 0 Å². The Morgan fingerprint density at radius 1 is 1.12 bits per heavy atom. The highest BCUT2D eigenvalue weighted by Crippen LogP contribution is 2.43. The fourth-order valence-corrected chi connectivity index (χ4v) is 5.03. The van der Waals surface area contributed by atoms with Crippen molar-refractivity contribution in [2.45, 2.75) is 65.7 Å². The van der Waals surface area contributed by atoms with Gasteiger partial charge in [0.15, 0.2) is 9.84 Å². The van der Waals surface area contributed by atoms with Crippen molar-refractivity contribution in [3.8, 4) is 0 Å². The molecular weight excluding hydrogens is 232 g/mol. The largest absolute Gasteiger partial charge is 0.229 e. The Labute approximate surface area is 107 Å². The lowest BCUT2D eigenvalue weighted by Crippen LogP contribution is -2.28. The summed E-state index contributed by atoms with van der Waals surface area (Å²) in [5.74, 6) is 1.27. The molecule has 0 spiro atoms. The maximum absolute atomic E-state index is 11.6. The minimum atomic E-state index is -2.73. The molecule has 0 aromatic carbocycles. The van der Waals surface area contributed by atoms with Gasteiger partial charge in [-0.15, -0.1) is 0 Å². The minimum Gasteiger partial charge on any atom is -0.229 e. The third kappa shape index (κ3) is 4.27. The zero-order valence-electron chi connectivity index (χ0n) is 11.7. The van der Waals surface area contributed by atoms with Gasteiger partial charge < -0.3 is 0 Å². The Bertz CT molecular complexity index is 311. The first-order valence-electron chi connectivity index (χ1n) is 7.14. The van der Waals surface area contributed by atoms with E-state index in [1.54, 1.807) is 0 Å². The lowest BCUT2D eigenvalue weighted by molar-refractivity contribution is 0.162. The SMILES string of the molecule is CCCCC(C)(CCCC)C1CCS(=O)(=O)C1. The van der Waals surface area contributed by atoms with Gasteiger partial charge in [-0.05, 0) is 30.6 Å². The molecule has 102 valence electrons. The molecule has 0 aromatic heterocycles. The van der Waals surface area contributed by atoms with Crippen LogP contribution >= 0.6 is 0 Å². The predicted molar refractivity (Wildman–Crippen MR) is 73.9 cm³/mol. The molecule has 1 aliphatic rings. The van der Waals surface area contributed by atoms with Crippen LogP contribution in [-0.2, 0) is 9.84 Å². The molecule has 0 amide bonds. The van der Waals surface area contributed by atoms with Crippen LogP contribution in [0.2, 0.25) is 0 Å². The molecule has 0 aromatic rings. The zero-order chi connectivity index (χ0) is 12.9. The van der Waals surface area contributed by atoms with E-state index in [-0.39, 0.29) is 5.41 Å². The average molecular weight is 260 g/mol. The predicted octanol–water partition coefficient (Wildman–Crippen LogP) is 3.81. The van der Waals surface area contributed by atoms with Crippen LogP contribution in [0.3, 0.4) is 0 Å². The Kier molecular flexibility index (Phi) is 5.49. The lowest BCUT2D eigenvalue weighted by Gasteiger charge is -2.35. The standard InChI is InChI=1S/C14H28O2S/c1-4-6-9-14(3,10-7-5-2)13-8-11-17(15,16)12-13/h13H,4-12H2,1-3H3. The summed E-state index contributed by atoms with van der Waals surface area (Å²) < 4.78 is 23.3. The summed E-state index contributed by atoms with van der Waals surface area (Å²) in [7, 11) is -2.73. The molecule has 1 heterocycles. The lowest BCUT2D eigenvalue weighted by atomic mass is 9.70. The van der Waals surface area contributed by atoms with E-state index in [0.717, 1.165) is 6.42 Å². The Balaban J connectivity index is 2.68. The van der Waals surface area contributed by atoms with Crippen LogP contribution in [-0.4, -0.2) is 19.9 Å². The van der Waals surface area contributed by atoms with Crippen LogP contribution in [0.5, 0.6) is 0 Å². The van der Waals surface area contributed by atoms with E-state index in [1.807, 2.05) is 0 Å². The fourth-order valence-electron chi connectivity index (χ4n) is 3.04. The van der Waals surface area contributed by atoms with Crippen molar-refractivity contribution in [2.24, 2.45) is 11.3 Å². The van der Waals surface area contributed by atoms with Crippen LogP contribution in [0, 0.1) is 11.3 Å². The van der Waals surface area contributed by atoms with Gasteiger partial charge in [0.25, 0.3) is 0 Å². The molecule has 1 aliphatic heterocycles. The highest BCUT2D eigenvalue weighted by molar-refractivity contribution is 7.91. The molecule has 1 unspecified atom stereocenters. The maximum atomic E-state index is 11.6. The molecule has 1 fully saturated rings. The van der Waals surface area contributed by atoms with E-state index in [1.165, 1.54) is 38.5 Å². The van der Waals surface area contributed by atoms with Crippen molar-refractivity contribution >= 4 is 9.84 Å². The molecule has 1 atom stereocenters. The average Bonchev–Trinajstić information content (AvgIpc) is 2.65. The van der Waals surface area contributed by atoms with Gasteiger partial charge in [-0.25, -0.2) is 8.42 Å². The molecule has 0 radical (unpaired) electrons. The fraction of sp³-hybridized carbons (Fsp3) is 1.00. The van der Waals surface area contributed by atoms with Gasteiger partial charge >= 0.3 is 0 Å². The molecule has 3 heteroatoms. The van der Waals surface area contributed by atoms with E-state index in [2.05, 4.69) is 20.8 Å². The summed E-state index contributed by atoms with van der Waals surface area (Å²) >= 11 is 0. The van der Waals surface area contributed by atoms with Crippen LogP contribution in [0.15, 0.2) is 0 Å². The number of rotatable bonds is 7. The summed E-state index contributed by atoms with van der Waals surface area (Å²) in [4.78, 5) is 0. The molecule has 0 N–H and O–H groups in total. The Morgan fingerprint density at radius 3 is 2.00 bits per heavy atom. The molecule has 2 nitrogen and oxygen atoms in total. The van der Waals surface area contributed by atoms with Gasteiger partial charge in [0.05, 0.1) is 11.5 Å². The summed E-state index contributed by atoms with van der Waals surface area (Å²) in [5, 5.41) is 0. The first-order chi connectivity index (χ1) is 7.93. The van der Waals surface area contributed by atoms with Gasteiger partial charge in [-0.3, -0.25) is 0 Å². The zero-order valence-corrected chi connectivity index (χ0v) is 12.5. The third-order valence-corrected chi connectivity index (χ3v) is 6.19. The van der Waals surface area contributed by atoms with Crippen LogP contribution in [0.4, 0.5) is 0 Å². The van der Waals surface area contributed by atoms with Gasteiger partial charge in [0.1, 0.15) is 0 Å². The van der Waals surface area contributed by atoms with Crippen molar-refractivity contribution < 1.29 is 8.42 Å². The summed E-state index contributed by atoms with van der Waals surface area (Å²) in [5.41, 5.74) is 0.260. The van der Waals surface area contributed by atoms with Gasteiger partial charge in [0.2, 0.25) is 0 Å². The van der Waals surface area contributed by atoms with Crippen molar-refractivity contribution in [3.63, 3.8) is 0 Å². The van der Waals surface area contributed by atoms with E-state index in [0.29, 0.717) is 17.4 Å². The minimum absolute atomic E-state index is 0.260. The number of hydrogen-bond donors (Lipinski definition) is 0. The topological polar surface area (TPSA) is 34.1 Å². The molecule has 0 aliphatic carbocycles. The quantitative estimate of drug-likeness (QED) is 0.697. The van der Waals surface area contributed by atoms with Gasteiger partial charge in [0, 0.05) is 0 Å². The second-order valence-electron chi connectivity index (χ2n) is 5.96. The molecule has 0 saturated carbocycles. The number of hydrogen-bond acceptors (Lipinski definition) is 2. The van der Waals surface area contributed by atoms with Crippen LogP contribution < -0.4 is 0 Å². The Hall–Kier alpha value is -0.0500. The van der Waals surface area contributed by atoms with Crippen LogP contribution in [0.1, 0.15) is 65.7 Å². The molecule has 1 saturated heterocycles. The third-order valence-electron chi connectivity index (χ3n) is 4.42. The van der Waals surface area contributed by atoms with Gasteiger partial charge in [-0.1, -0.05) is 46.5 Å². The second-order valence-corrected chi connectivity index (χ2v) is 8.19. The first kappa shape index (κ1) is 15.0. The van der Waals surface area contributed by atoms with Crippen molar-refractivity contribution in [1.82, 2.24) is 0 Å². The summed E-state index contributed by atoms with van der Waals surface area (Å²) in [6.07, 6.45) is 8.18. The summed E-state index contributed by atoms with van der Waals surface area (Å²) in [6, 6.07) is 0. The summed E-state index contributed by atoms with van der Waals surface area (Å²) in [6.45, 7) is 6.75. The highest BCUT2D eigenvalue weighted by Gasteiger charge is 2.40. The van der Waals surface area contributed by atoms with E-state index >= 15 is 0 Å². The monoisotopic (exact) mass is 260 g/mol. The normalized spacial score (nSPS) is 24.1. The van der Waals surface area contributed by atoms with Crippen molar-refractivity contribution in [3.05, 3.63) is 0 Å². The molecule has 1 rings (SSSR count). The molecule has 17 heavy (non-hydrogen) atoms. The maximum Gasteiger partial charge on any atom is 0.150 e. The molecular formula is C14H28O2S. The van der Waals surface area contributed by atoms with Crippen molar-refractivity contribution in [1.29, 1.82) is 0 Å². The van der Waals surface area contributed by atoms with E-state index in [4.69, 9.17) is 0 Å².